The third kappa shape index (κ3) is 4.04. The van der Waals surface area contributed by atoms with Crippen LogP contribution >= 0.6 is 0 Å². The zero-order valence-corrected chi connectivity index (χ0v) is 17.9. The average molecular weight is 419 g/mol. The zero-order chi connectivity index (χ0) is 22.0. The van der Waals surface area contributed by atoms with Crippen LogP contribution in [-0.4, -0.2) is 61.1 Å². The van der Waals surface area contributed by atoms with E-state index in [4.69, 9.17) is 0 Å². The van der Waals surface area contributed by atoms with Gasteiger partial charge in [-0.2, -0.15) is 5.26 Å². The van der Waals surface area contributed by atoms with Gasteiger partial charge in [-0.25, -0.2) is 9.78 Å². The van der Waals surface area contributed by atoms with Crippen molar-refractivity contribution in [1.29, 1.82) is 5.26 Å². The number of nitrogens with one attached hydrogen (secondary N) is 1. The largest absolute Gasteiger partial charge is 0.353 e. The average Bonchev–Trinajstić information content (AvgIpc) is 3.24. The lowest BCUT2D eigenvalue weighted by Gasteiger charge is -2.36. The fourth-order valence-electron chi connectivity index (χ4n) is 4.14. The van der Waals surface area contributed by atoms with E-state index in [2.05, 4.69) is 41.2 Å². The maximum Gasteiger partial charge on any atom is 0.321 e. The van der Waals surface area contributed by atoms with Crippen molar-refractivity contribution >= 4 is 23.4 Å². The maximum absolute atomic E-state index is 13.1. The molecule has 3 heterocycles. The standard InChI is InChI=1S/C23H26N6O2/c1-3-17-12-16(2)21(26-15-17)27-8-10-28(11-9-27)22(30)20-5-4-19(13-18(20)14-24)29-7-6-25-23(29)31/h4-5,12-13,15H,3,6-11H2,1-2H3,(H,25,31). The molecule has 1 aromatic carbocycles. The SMILES string of the molecule is CCc1cnc(N2CCN(C(=O)c3ccc(N4CCNC4=O)cc3C#N)CC2)c(C)c1. The molecule has 1 N–H and O–H groups in total. The lowest BCUT2D eigenvalue weighted by molar-refractivity contribution is 0.0746. The number of benzene rings is 1. The molecule has 0 unspecified atom stereocenters. The molecule has 0 bridgehead atoms. The van der Waals surface area contributed by atoms with Crippen LogP contribution in [0.4, 0.5) is 16.3 Å². The van der Waals surface area contributed by atoms with Gasteiger partial charge in [0.2, 0.25) is 0 Å². The number of amides is 3. The Hall–Kier alpha value is -3.60. The molecule has 160 valence electrons. The molecule has 2 aliphatic heterocycles. The van der Waals surface area contributed by atoms with Gasteiger partial charge >= 0.3 is 6.03 Å². The molecule has 0 aliphatic carbocycles. The molecule has 2 aromatic rings. The minimum absolute atomic E-state index is 0.153. The second kappa shape index (κ2) is 8.64. The number of urea groups is 1. The number of aryl methyl sites for hydroxylation is 2. The molecule has 0 radical (unpaired) electrons. The molecule has 3 amide bonds. The van der Waals surface area contributed by atoms with E-state index in [1.54, 1.807) is 28.0 Å². The minimum Gasteiger partial charge on any atom is -0.353 e. The van der Waals surface area contributed by atoms with E-state index in [1.807, 2.05) is 6.20 Å². The lowest BCUT2D eigenvalue weighted by atomic mass is 10.0. The summed E-state index contributed by atoms with van der Waals surface area (Å²) in [6, 6.07) is 9.12. The first-order valence-corrected chi connectivity index (χ1v) is 10.6. The van der Waals surface area contributed by atoms with E-state index in [9.17, 15) is 14.9 Å². The van der Waals surface area contributed by atoms with Gasteiger partial charge in [0.25, 0.3) is 5.91 Å². The molecule has 1 aromatic heterocycles. The fraction of sp³-hybridized carbons (Fsp3) is 0.391. The highest BCUT2D eigenvalue weighted by molar-refractivity contribution is 5.99. The van der Waals surface area contributed by atoms with Gasteiger partial charge < -0.3 is 15.1 Å². The van der Waals surface area contributed by atoms with Crippen LogP contribution in [0.3, 0.4) is 0 Å². The lowest BCUT2D eigenvalue weighted by Crippen LogP contribution is -2.49. The van der Waals surface area contributed by atoms with Crippen LogP contribution in [0.15, 0.2) is 30.5 Å². The third-order valence-corrected chi connectivity index (χ3v) is 5.90. The normalized spacial score (nSPS) is 16.3. The monoisotopic (exact) mass is 418 g/mol. The quantitative estimate of drug-likeness (QED) is 0.823. The van der Waals surface area contributed by atoms with Crippen LogP contribution in [0.2, 0.25) is 0 Å². The Morgan fingerprint density at radius 1 is 1.19 bits per heavy atom. The Morgan fingerprint density at radius 3 is 2.58 bits per heavy atom. The van der Waals surface area contributed by atoms with E-state index in [0.29, 0.717) is 50.5 Å². The molecule has 2 aliphatic rings. The van der Waals surface area contributed by atoms with Crippen LogP contribution in [0, 0.1) is 18.3 Å². The number of hydrogen-bond donors (Lipinski definition) is 1. The highest BCUT2D eigenvalue weighted by atomic mass is 16.2. The summed E-state index contributed by atoms with van der Waals surface area (Å²) >= 11 is 0. The van der Waals surface area contributed by atoms with Crippen LogP contribution in [0.25, 0.3) is 0 Å². The Kier molecular flexibility index (Phi) is 5.76. The van der Waals surface area contributed by atoms with Crippen LogP contribution in [0.5, 0.6) is 0 Å². The summed E-state index contributed by atoms with van der Waals surface area (Å²) in [6.07, 6.45) is 2.88. The number of piperazine rings is 1. The van der Waals surface area contributed by atoms with Gasteiger partial charge in [-0.3, -0.25) is 9.69 Å². The molecule has 31 heavy (non-hydrogen) atoms. The number of carbonyl (C=O) groups excluding carboxylic acids is 2. The number of aromatic nitrogens is 1. The molecule has 4 rings (SSSR count). The van der Waals surface area contributed by atoms with E-state index in [-0.39, 0.29) is 17.5 Å². The van der Waals surface area contributed by atoms with Gasteiger partial charge in [0.05, 0.1) is 11.1 Å². The van der Waals surface area contributed by atoms with Crippen LogP contribution in [0.1, 0.15) is 34.0 Å². The molecule has 0 spiro atoms. The number of pyridine rings is 1. The summed E-state index contributed by atoms with van der Waals surface area (Å²) in [6.45, 7) is 7.82. The van der Waals surface area contributed by atoms with Crippen molar-refractivity contribution in [2.24, 2.45) is 0 Å². The second-order valence-electron chi connectivity index (χ2n) is 7.84. The van der Waals surface area contributed by atoms with Gasteiger partial charge in [0.15, 0.2) is 0 Å². The highest BCUT2D eigenvalue weighted by Crippen LogP contribution is 2.24. The van der Waals surface area contributed by atoms with Crippen molar-refractivity contribution in [1.82, 2.24) is 15.2 Å². The number of nitriles is 1. The molecule has 0 atom stereocenters. The Balaban J connectivity index is 1.46. The molecular weight excluding hydrogens is 392 g/mol. The van der Waals surface area contributed by atoms with Gasteiger partial charge in [-0.15, -0.1) is 0 Å². The van der Waals surface area contributed by atoms with Gasteiger partial charge in [-0.1, -0.05) is 13.0 Å². The summed E-state index contributed by atoms with van der Waals surface area (Å²) in [5, 5.41) is 12.3. The first-order chi connectivity index (χ1) is 15.0. The van der Waals surface area contributed by atoms with Crippen molar-refractivity contribution in [2.45, 2.75) is 20.3 Å². The fourth-order valence-corrected chi connectivity index (χ4v) is 4.14. The summed E-state index contributed by atoms with van der Waals surface area (Å²) in [5.74, 6) is 0.815. The molecule has 8 nitrogen and oxygen atoms in total. The summed E-state index contributed by atoms with van der Waals surface area (Å²) in [5.41, 5.74) is 3.66. The Morgan fingerprint density at radius 2 is 1.97 bits per heavy atom. The first-order valence-electron chi connectivity index (χ1n) is 10.6. The summed E-state index contributed by atoms with van der Waals surface area (Å²) < 4.78 is 0. The van der Waals surface area contributed by atoms with E-state index < -0.39 is 0 Å². The number of nitrogens with zero attached hydrogens (tertiary/aromatic N) is 5. The van der Waals surface area contributed by atoms with E-state index in [1.165, 1.54) is 5.56 Å². The second-order valence-corrected chi connectivity index (χ2v) is 7.84. The highest BCUT2D eigenvalue weighted by Gasteiger charge is 2.27. The van der Waals surface area contributed by atoms with Crippen molar-refractivity contribution in [2.75, 3.05) is 49.1 Å². The van der Waals surface area contributed by atoms with Crippen molar-refractivity contribution in [3.8, 4) is 6.07 Å². The predicted octanol–water partition coefficient (Wildman–Crippen LogP) is 2.32. The smallest absolute Gasteiger partial charge is 0.321 e. The molecule has 2 fully saturated rings. The maximum atomic E-state index is 13.1. The Bertz CT molecular complexity index is 1050. The number of hydrogen-bond acceptors (Lipinski definition) is 5. The first kappa shape index (κ1) is 20.7. The van der Waals surface area contributed by atoms with Gasteiger partial charge in [0, 0.05) is 51.2 Å². The number of anilines is 2. The Labute approximate surface area is 182 Å². The molecule has 8 heteroatoms. The molecular formula is C23H26N6O2. The zero-order valence-electron chi connectivity index (χ0n) is 17.9. The molecule has 0 saturated carbocycles. The van der Waals surface area contributed by atoms with Gasteiger partial charge in [-0.05, 0) is 42.7 Å². The molecule has 2 saturated heterocycles. The number of rotatable bonds is 4. The van der Waals surface area contributed by atoms with Crippen molar-refractivity contribution in [3.05, 3.63) is 52.7 Å². The van der Waals surface area contributed by atoms with E-state index in [0.717, 1.165) is 17.8 Å². The minimum atomic E-state index is -0.185. The topological polar surface area (TPSA) is 92.6 Å². The van der Waals surface area contributed by atoms with E-state index >= 15 is 0 Å². The summed E-state index contributed by atoms with van der Waals surface area (Å²) in [4.78, 5) is 35.2. The van der Waals surface area contributed by atoms with Crippen LogP contribution < -0.4 is 15.1 Å². The third-order valence-electron chi connectivity index (χ3n) is 5.90. The van der Waals surface area contributed by atoms with Gasteiger partial charge in [0.1, 0.15) is 11.9 Å². The van der Waals surface area contributed by atoms with Crippen LogP contribution in [-0.2, 0) is 6.42 Å². The predicted molar refractivity (Wildman–Crippen MR) is 118 cm³/mol. The number of carbonyl (C=O) groups is 2. The summed E-state index contributed by atoms with van der Waals surface area (Å²) in [7, 11) is 0. The van der Waals surface area contributed by atoms with Crippen molar-refractivity contribution < 1.29 is 9.59 Å². The van der Waals surface area contributed by atoms with Crippen molar-refractivity contribution in [3.63, 3.8) is 0 Å².